The lowest BCUT2D eigenvalue weighted by Crippen LogP contribution is -2.03. The van der Waals surface area contributed by atoms with Crippen LogP contribution >= 0.6 is 11.6 Å². The molecule has 1 aromatic heterocycles. The van der Waals surface area contributed by atoms with Crippen LogP contribution in [0.15, 0.2) is 91.3 Å². The number of aromatic hydroxyl groups is 1. The highest BCUT2D eigenvalue weighted by atomic mass is 35.5. The lowest BCUT2D eigenvalue weighted by molar-refractivity contribution is 0.319. The highest BCUT2D eigenvalue weighted by Gasteiger charge is 2.15. The van der Waals surface area contributed by atoms with Crippen molar-refractivity contribution in [1.29, 1.82) is 0 Å². The molecule has 0 aliphatic carbocycles. The summed E-state index contributed by atoms with van der Waals surface area (Å²) in [5, 5.41) is 10.1. The van der Waals surface area contributed by atoms with Gasteiger partial charge in [-0.1, -0.05) is 54.6 Å². The second-order valence-electron chi connectivity index (χ2n) is 7.37. The zero-order valence-electron chi connectivity index (χ0n) is 17.7. The smallest absolute Gasteiger partial charge is 0.119 e. The molecule has 0 bridgehead atoms. The third kappa shape index (κ3) is 5.40. The van der Waals surface area contributed by atoms with Gasteiger partial charge in [-0.3, -0.25) is 0 Å². The number of ether oxygens (including phenoxy) is 1. The lowest BCUT2D eigenvalue weighted by Gasteiger charge is -2.17. The third-order valence-electron chi connectivity index (χ3n) is 5.21. The Morgan fingerprint density at radius 3 is 2.38 bits per heavy atom. The van der Waals surface area contributed by atoms with Gasteiger partial charge in [-0.2, -0.15) is 0 Å². The van der Waals surface area contributed by atoms with Crippen LogP contribution < -0.4 is 4.74 Å². The number of nitrogens with zero attached hydrogens (tertiary/aromatic N) is 1. The highest BCUT2D eigenvalue weighted by molar-refractivity contribution is 6.18. The number of rotatable bonds is 9. The van der Waals surface area contributed by atoms with E-state index < -0.39 is 0 Å². The number of imidazole rings is 1. The maximum Gasteiger partial charge on any atom is 0.119 e. The molecule has 0 fully saturated rings. The first kappa shape index (κ1) is 21.7. The van der Waals surface area contributed by atoms with E-state index >= 15 is 0 Å². The van der Waals surface area contributed by atoms with E-state index in [1.165, 1.54) is 0 Å². The minimum Gasteiger partial charge on any atom is -0.508 e. The van der Waals surface area contributed by atoms with Gasteiger partial charge in [0.15, 0.2) is 0 Å². The van der Waals surface area contributed by atoms with Crippen molar-refractivity contribution in [3.63, 3.8) is 0 Å². The van der Waals surface area contributed by atoms with Gasteiger partial charge < -0.3 is 14.8 Å². The Labute approximate surface area is 193 Å². The van der Waals surface area contributed by atoms with Crippen LogP contribution in [-0.4, -0.2) is 27.6 Å². The number of allylic oxidation sites excluding steroid dienone is 1. The zero-order valence-corrected chi connectivity index (χ0v) is 18.4. The van der Waals surface area contributed by atoms with Gasteiger partial charge in [-0.15, -0.1) is 11.6 Å². The van der Waals surface area contributed by atoms with Crippen LogP contribution in [0.5, 0.6) is 11.5 Å². The lowest BCUT2D eigenvalue weighted by atomic mass is 9.88. The van der Waals surface area contributed by atoms with Crippen LogP contribution in [0, 0.1) is 0 Å². The fourth-order valence-corrected chi connectivity index (χ4v) is 3.93. The second-order valence-corrected chi connectivity index (χ2v) is 7.75. The molecular formula is C27H25ClN2O2. The Kier molecular flexibility index (Phi) is 7.26. The number of aromatic nitrogens is 2. The van der Waals surface area contributed by atoms with Crippen molar-refractivity contribution in [3.05, 3.63) is 114 Å². The largest absolute Gasteiger partial charge is 0.508 e. The summed E-state index contributed by atoms with van der Waals surface area (Å²) < 4.78 is 5.89. The van der Waals surface area contributed by atoms with Crippen molar-refractivity contribution < 1.29 is 9.84 Å². The second kappa shape index (κ2) is 10.7. The number of H-pyrrole nitrogens is 1. The molecule has 0 saturated carbocycles. The first-order valence-electron chi connectivity index (χ1n) is 10.6. The number of alkyl halides is 1. The van der Waals surface area contributed by atoms with Crippen LogP contribution in [-0.2, 0) is 6.42 Å². The van der Waals surface area contributed by atoms with Crippen LogP contribution in [0.2, 0.25) is 0 Å². The predicted molar refractivity (Wildman–Crippen MR) is 130 cm³/mol. The summed E-state index contributed by atoms with van der Waals surface area (Å²) in [6.45, 7) is 0.545. The van der Waals surface area contributed by atoms with Crippen molar-refractivity contribution >= 4 is 22.7 Å². The molecule has 0 spiro atoms. The molecule has 0 atom stereocenters. The minimum atomic E-state index is 0.233. The third-order valence-corrected chi connectivity index (χ3v) is 5.40. The van der Waals surface area contributed by atoms with Gasteiger partial charge in [0, 0.05) is 24.7 Å². The fraction of sp³-hybridized carbons (Fsp3) is 0.148. The van der Waals surface area contributed by atoms with Gasteiger partial charge in [0.2, 0.25) is 0 Å². The number of phenolic OH excluding ortho intramolecular Hbond substituents is 1. The van der Waals surface area contributed by atoms with Crippen molar-refractivity contribution in [3.8, 4) is 11.5 Å². The molecule has 0 unspecified atom stereocenters. The number of aromatic amines is 1. The average Bonchev–Trinajstić information content (AvgIpc) is 3.34. The summed E-state index contributed by atoms with van der Waals surface area (Å²) in [4.78, 5) is 7.30. The van der Waals surface area contributed by atoms with E-state index in [0.29, 0.717) is 18.9 Å². The Hall–Kier alpha value is -3.50. The van der Waals surface area contributed by atoms with Crippen LogP contribution in [0.25, 0.3) is 11.1 Å². The monoisotopic (exact) mass is 444 g/mol. The SMILES string of the molecule is Oc1cccc(/C(=C(\CCCl)c2ccccc2)c2ccc(OCCc3ncc[nH]3)cc2)c1. The van der Waals surface area contributed by atoms with E-state index in [0.717, 1.165) is 45.8 Å². The molecule has 1 heterocycles. The van der Waals surface area contributed by atoms with Gasteiger partial charge in [-0.05, 0) is 58.5 Å². The molecule has 0 amide bonds. The Bertz CT molecular complexity index is 1150. The molecule has 0 radical (unpaired) electrons. The number of phenols is 1. The minimum absolute atomic E-state index is 0.233. The van der Waals surface area contributed by atoms with E-state index in [1.807, 2.05) is 48.7 Å². The summed E-state index contributed by atoms with van der Waals surface area (Å²) in [5.74, 6) is 2.44. The summed E-state index contributed by atoms with van der Waals surface area (Å²) >= 11 is 6.21. The van der Waals surface area contributed by atoms with Crippen molar-refractivity contribution in [2.75, 3.05) is 12.5 Å². The molecule has 0 aliphatic rings. The number of benzene rings is 3. The molecule has 2 N–H and O–H groups in total. The standard InChI is InChI=1S/C27H25ClN2O2/c28-15-13-25(20-5-2-1-3-6-20)27(22-7-4-8-23(31)19-22)21-9-11-24(12-10-21)32-18-14-26-29-16-17-30-26/h1-12,16-17,19,31H,13-15,18H2,(H,29,30)/b27-25+. The zero-order chi connectivity index (χ0) is 22.2. The van der Waals surface area contributed by atoms with E-state index in [2.05, 4.69) is 34.2 Å². The number of hydrogen-bond acceptors (Lipinski definition) is 3. The Balaban J connectivity index is 1.68. The number of hydrogen-bond donors (Lipinski definition) is 2. The molecule has 0 saturated heterocycles. The molecule has 162 valence electrons. The van der Waals surface area contributed by atoms with E-state index in [4.69, 9.17) is 16.3 Å². The fourth-order valence-electron chi connectivity index (χ4n) is 3.74. The quantitative estimate of drug-likeness (QED) is 0.234. The number of nitrogens with one attached hydrogen (secondary N) is 1. The summed E-state index contributed by atoms with van der Waals surface area (Å²) in [7, 11) is 0. The molecule has 4 nitrogen and oxygen atoms in total. The summed E-state index contributed by atoms with van der Waals surface area (Å²) in [5.41, 5.74) is 5.29. The van der Waals surface area contributed by atoms with Gasteiger partial charge in [-0.25, -0.2) is 4.98 Å². The first-order chi connectivity index (χ1) is 15.7. The van der Waals surface area contributed by atoms with Crippen LogP contribution in [0.1, 0.15) is 28.9 Å². The Morgan fingerprint density at radius 2 is 1.69 bits per heavy atom. The van der Waals surface area contributed by atoms with Crippen LogP contribution in [0.3, 0.4) is 0 Å². The van der Waals surface area contributed by atoms with Crippen molar-refractivity contribution in [1.82, 2.24) is 9.97 Å². The van der Waals surface area contributed by atoms with Gasteiger partial charge in [0.1, 0.15) is 17.3 Å². The number of halogens is 1. The maximum absolute atomic E-state index is 10.1. The van der Waals surface area contributed by atoms with E-state index in [9.17, 15) is 5.11 Å². The highest BCUT2D eigenvalue weighted by Crippen LogP contribution is 2.36. The Morgan fingerprint density at radius 1 is 0.906 bits per heavy atom. The first-order valence-corrected chi connectivity index (χ1v) is 11.1. The average molecular weight is 445 g/mol. The molecular weight excluding hydrogens is 420 g/mol. The topological polar surface area (TPSA) is 58.1 Å². The molecule has 4 rings (SSSR count). The maximum atomic E-state index is 10.1. The summed E-state index contributed by atoms with van der Waals surface area (Å²) in [6, 6.07) is 25.7. The van der Waals surface area contributed by atoms with Crippen LogP contribution in [0.4, 0.5) is 0 Å². The van der Waals surface area contributed by atoms with Crippen molar-refractivity contribution in [2.24, 2.45) is 0 Å². The normalized spacial score (nSPS) is 11.8. The molecule has 32 heavy (non-hydrogen) atoms. The predicted octanol–water partition coefficient (Wildman–Crippen LogP) is 6.32. The van der Waals surface area contributed by atoms with Gasteiger partial charge >= 0.3 is 0 Å². The molecule has 0 aliphatic heterocycles. The van der Waals surface area contributed by atoms with E-state index in [-0.39, 0.29) is 5.75 Å². The molecule has 3 aromatic carbocycles. The summed E-state index contributed by atoms with van der Waals surface area (Å²) in [6.07, 6.45) is 4.98. The molecule has 5 heteroatoms. The molecule has 4 aromatic rings. The van der Waals surface area contributed by atoms with Gasteiger partial charge in [0.25, 0.3) is 0 Å². The van der Waals surface area contributed by atoms with Crippen molar-refractivity contribution in [2.45, 2.75) is 12.8 Å². The van der Waals surface area contributed by atoms with Gasteiger partial charge in [0.05, 0.1) is 6.61 Å². The van der Waals surface area contributed by atoms with E-state index in [1.54, 1.807) is 18.3 Å².